The maximum atomic E-state index is 12.1. The molecule has 0 aromatic heterocycles. The molecule has 0 saturated heterocycles. The minimum atomic E-state index is -4.64. The van der Waals surface area contributed by atoms with Gasteiger partial charge in [-0.05, 0) is 55.5 Å². The van der Waals surface area contributed by atoms with Crippen LogP contribution in [0, 0.1) is 12.8 Å². The highest BCUT2D eigenvalue weighted by molar-refractivity contribution is 5.34. The number of hydrogen-bond donors (Lipinski definition) is 1. The number of aryl methyl sites for hydroxylation is 2. The molecule has 0 radical (unpaired) electrons. The van der Waals surface area contributed by atoms with Crippen LogP contribution in [0.4, 0.5) is 13.2 Å². The van der Waals surface area contributed by atoms with E-state index < -0.39 is 6.36 Å². The molecule has 0 aliphatic rings. The summed E-state index contributed by atoms with van der Waals surface area (Å²) in [5.74, 6) is 0.204. The van der Waals surface area contributed by atoms with Gasteiger partial charge in [-0.2, -0.15) is 0 Å². The zero-order chi connectivity index (χ0) is 13.8. The monoisotopic (exact) mass is 261 g/mol. The highest BCUT2D eigenvalue weighted by atomic mass is 19.4. The van der Waals surface area contributed by atoms with E-state index in [4.69, 9.17) is 5.73 Å². The molecule has 0 spiro atoms. The number of alkyl halides is 3. The zero-order valence-electron chi connectivity index (χ0n) is 10.6. The van der Waals surface area contributed by atoms with E-state index >= 15 is 0 Å². The minimum absolute atomic E-state index is 0.155. The molecular formula is C13H18F3NO. The fourth-order valence-corrected chi connectivity index (χ4v) is 1.69. The molecule has 0 saturated carbocycles. The molecule has 5 heteroatoms. The first-order valence-electron chi connectivity index (χ1n) is 5.86. The van der Waals surface area contributed by atoms with Crippen LogP contribution in [0.25, 0.3) is 0 Å². The van der Waals surface area contributed by atoms with E-state index in [0.717, 1.165) is 17.5 Å². The molecule has 0 heterocycles. The second-order valence-electron chi connectivity index (χ2n) is 4.58. The Kier molecular flexibility index (Phi) is 5.02. The van der Waals surface area contributed by atoms with Gasteiger partial charge in [0.2, 0.25) is 0 Å². The van der Waals surface area contributed by atoms with Crippen LogP contribution in [0.2, 0.25) is 0 Å². The summed E-state index contributed by atoms with van der Waals surface area (Å²) in [5.41, 5.74) is 7.10. The summed E-state index contributed by atoms with van der Waals surface area (Å²) >= 11 is 0. The van der Waals surface area contributed by atoms with Crippen LogP contribution in [-0.2, 0) is 6.42 Å². The molecule has 0 fully saturated rings. The van der Waals surface area contributed by atoms with E-state index in [2.05, 4.69) is 4.74 Å². The maximum Gasteiger partial charge on any atom is 0.573 e. The molecule has 0 amide bonds. The van der Waals surface area contributed by atoms with Crippen molar-refractivity contribution >= 4 is 0 Å². The average molecular weight is 261 g/mol. The number of hydrogen-bond acceptors (Lipinski definition) is 2. The number of rotatable bonds is 5. The van der Waals surface area contributed by atoms with E-state index in [0.29, 0.717) is 18.9 Å². The molecule has 18 heavy (non-hydrogen) atoms. The molecule has 1 aromatic carbocycles. The smallest absolute Gasteiger partial charge is 0.406 e. The number of benzene rings is 1. The molecule has 0 unspecified atom stereocenters. The first kappa shape index (κ1) is 14.8. The van der Waals surface area contributed by atoms with Crippen LogP contribution < -0.4 is 10.5 Å². The Balaban J connectivity index is 2.74. The third-order valence-corrected chi connectivity index (χ3v) is 2.67. The first-order valence-corrected chi connectivity index (χ1v) is 5.86. The fraction of sp³-hybridized carbons (Fsp3) is 0.538. The summed E-state index contributed by atoms with van der Waals surface area (Å²) in [6.07, 6.45) is -3.09. The Hall–Kier alpha value is -1.23. The second kappa shape index (κ2) is 6.09. The van der Waals surface area contributed by atoms with Gasteiger partial charge in [0.05, 0.1) is 0 Å². The summed E-state index contributed by atoms with van der Waals surface area (Å²) < 4.78 is 40.3. The molecule has 1 aromatic rings. The van der Waals surface area contributed by atoms with E-state index in [1.165, 1.54) is 12.1 Å². The van der Waals surface area contributed by atoms with Crippen LogP contribution in [0.5, 0.6) is 5.75 Å². The highest BCUT2D eigenvalue weighted by Crippen LogP contribution is 2.25. The standard InChI is InChI=1S/C13H18F3NO/c1-9(8-17)3-4-11-5-10(2)6-12(7-11)18-13(14,15)16/h5-7,9H,3-4,8,17H2,1-2H3/t9-/m1/s1. The Bertz CT molecular complexity index is 390. The summed E-state index contributed by atoms with van der Waals surface area (Å²) in [6.45, 7) is 4.35. The Morgan fingerprint density at radius 3 is 2.50 bits per heavy atom. The summed E-state index contributed by atoms with van der Waals surface area (Å²) in [6, 6.07) is 4.68. The molecule has 1 rings (SSSR count). The van der Waals surface area contributed by atoms with Gasteiger partial charge in [0, 0.05) is 0 Å². The lowest BCUT2D eigenvalue weighted by Crippen LogP contribution is -2.17. The third kappa shape index (κ3) is 5.40. The van der Waals surface area contributed by atoms with Gasteiger partial charge in [-0.25, -0.2) is 0 Å². The highest BCUT2D eigenvalue weighted by Gasteiger charge is 2.31. The normalized spacial score (nSPS) is 13.4. The van der Waals surface area contributed by atoms with Crippen molar-refractivity contribution in [2.45, 2.75) is 33.1 Å². The fourth-order valence-electron chi connectivity index (χ4n) is 1.69. The quantitative estimate of drug-likeness (QED) is 0.881. The molecule has 2 nitrogen and oxygen atoms in total. The Labute approximate surface area is 105 Å². The zero-order valence-corrected chi connectivity index (χ0v) is 10.6. The minimum Gasteiger partial charge on any atom is -0.406 e. The van der Waals surface area contributed by atoms with Gasteiger partial charge >= 0.3 is 6.36 Å². The summed E-state index contributed by atoms with van der Waals surface area (Å²) in [5, 5.41) is 0. The molecular weight excluding hydrogens is 243 g/mol. The van der Waals surface area contributed by atoms with Gasteiger partial charge in [0.25, 0.3) is 0 Å². The predicted molar refractivity (Wildman–Crippen MR) is 64.4 cm³/mol. The van der Waals surface area contributed by atoms with Crippen LogP contribution in [0.3, 0.4) is 0 Å². The second-order valence-corrected chi connectivity index (χ2v) is 4.58. The molecule has 0 aliphatic heterocycles. The SMILES string of the molecule is Cc1cc(CC[C@@H](C)CN)cc(OC(F)(F)F)c1. The van der Waals surface area contributed by atoms with Crippen molar-refractivity contribution in [2.24, 2.45) is 11.7 Å². The van der Waals surface area contributed by atoms with Crippen molar-refractivity contribution in [3.05, 3.63) is 29.3 Å². The van der Waals surface area contributed by atoms with E-state index in [-0.39, 0.29) is 5.75 Å². The van der Waals surface area contributed by atoms with Gasteiger partial charge in [0.1, 0.15) is 5.75 Å². The van der Waals surface area contributed by atoms with Crippen LogP contribution in [0.1, 0.15) is 24.5 Å². The van der Waals surface area contributed by atoms with Crippen molar-refractivity contribution in [1.29, 1.82) is 0 Å². The lowest BCUT2D eigenvalue weighted by molar-refractivity contribution is -0.274. The topological polar surface area (TPSA) is 35.2 Å². The van der Waals surface area contributed by atoms with Crippen LogP contribution >= 0.6 is 0 Å². The van der Waals surface area contributed by atoms with E-state index in [1.54, 1.807) is 6.92 Å². The first-order chi connectivity index (χ1) is 8.30. The Morgan fingerprint density at radius 2 is 1.94 bits per heavy atom. The van der Waals surface area contributed by atoms with Gasteiger partial charge in [-0.15, -0.1) is 13.2 Å². The number of ether oxygens (including phenoxy) is 1. The lowest BCUT2D eigenvalue weighted by Gasteiger charge is -2.12. The van der Waals surface area contributed by atoms with Crippen LogP contribution in [-0.4, -0.2) is 12.9 Å². The molecule has 102 valence electrons. The number of halogens is 3. The Morgan fingerprint density at radius 1 is 1.28 bits per heavy atom. The maximum absolute atomic E-state index is 12.1. The third-order valence-electron chi connectivity index (χ3n) is 2.67. The molecule has 0 aliphatic carbocycles. The average Bonchev–Trinajstić information content (AvgIpc) is 2.22. The van der Waals surface area contributed by atoms with Gasteiger partial charge in [-0.3, -0.25) is 0 Å². The molecule has 0 bridgehead atoms. The van der Waals surface area contributed by atoms with E-state index in [1.807, 2.05) is 13.0 Å². The van der Waals surface area contributed by atoms with Gasteiger partial charge in [0.15, 0.2) is 0 Å². The largest absolute Gasteiger partial charge is 0.573 e. The van der Waals surface area contributed by atoms with Crippen molar-refractivity contribution in [3.63, 3.8) is 0 Å². The number of nitrogens with two attached hydrogens (primary N) is 1. The summed E-state index contributed by atoms with van der Waals surface area (Å²) in [7, 11) is 0. The van der Waals surface area contributed by atoms with Crippen molar-refractivity contribution in [2.75, 3.05) is 6.54 Å². The lowest BCUT2D eigenvalue weighted by atomic mass is 10.00. The van der Waals surface area contributed by atoms with E-state index in [9.17, 15) is 13.2 Å². The van der Waals surface area contributed by atoms with Gasteiger partial charge in [-0.1, -0.05) is 13.0 Å². The van der Waals surface area contributed by atoms with Crippen LogP contribution in [0.15, 0.2) is 18.2 Å². The molecule has 2 N–H and O–H groups in total. The summed E-state index contributed by atoms with van der Waals surface area (Å²) in [4.78, 5) is 0. The van der Waals surface area contributed by atoms with Gasteiger partial charge < -0.3 is 10.5 Å². The van der Waals surface area contributed by atoms with Crippen molar-refractivity contribution < 1.29 is 17.9 Å². The molecule has 1 atom stereocenters. The predicted octanol–water partition coefficient (Wildman–Crippen LogP) is 3.42. The van der Waals surface area contributed by atoms with Crippen molar-refractivity contribution in [3.8, 4) is 5.75 Å². The van der Waals surface area contributed by atoms with Crippen molar-refractivity contribution in [1.82, 2.24) is 0 Å².